The maximum Gasteiger partial charge on any atom is 0.0619 e. The van der Waals surface area contributed by atoms with Gasteiger partial charge in [0.05, 0.1) is 11.0 Å². The minimum Gasteiger partial charge on any atom is -0.310 e. The van der Waals surface area contributed by atoms with E-state index in [9.17, 15) is 0 Å². The largest absolute Gasteiger partial charge is 0.310 e. The van der Waals surface area contributed by atoms with E-state index in [-0.39, 0.29) is 0 Å². The summed E-state index contributed by atoms with van der Waals surface area (Å²) in [5.74, 6) is 0. The average molecular weight is 663 g/mol. The third-order valence-corrected chi connectivity index (χ3v) is 10.3. The first-order valence-electron chi connectivity index (χ1n) is 17.9. The molecule has 0 bridgehead atoms. The minimum atomic E-state index is 1.10. The van der Waals surface area contributed by atoms with Gasteiger partial charge < -0.3 is 9.47 Å². The van der Waals surface area contributed by atoms with E-state index in [2.05, 4.69) is 216 Å². The van der Waals surface area contributed by atoms with Crippen LogP contribution >= 0.6 is 0 Å². The van der Waals surface area contributed by atoms with Crippen LogP contribution in [0.1, 0.15) is 0 Å². The van der Waals surface area contributed by atoms with E-state index < -0.39 is 0 Å². The van der Waals surface area contributed by atoms with Crippen LogP contribution in [0.5, 0.6) is 0 Å². The Morgan fingerprint density at radius 1 is 0.346 bits per heavy atom. The van der Waals surface area contributed by atoms with Crippen molar-refractivity contribution in [1.82, 2.24) is 4.57 Å². The van der Waals surface area contributed by atoms with Gasteiger partial charge >= 0.3 is 0 Å². The summed E-state index contributed by atoms with van der Waals surface area (Å²) in [6.45, 7) is 0. The van der Waals surface area contributed by atoms with Crippen LogP contribution < -0.4 is 4.90 Å². The maximum atomic E-state index is 2.44. The molecule has 0 N–H and O–H groups in total. The molecular formula is C50H34N2. The highest BCUT2D eigenvalue weighted by Crippen LogP contribution is 2.41. The van der Waals surface area contributed by atoms with Crippen molar-refractivity contribution in [3.63, 3.8) is 0 Å². The van der Waals surface area contributed by atoms with E-state index in [4.69, 9.17) is 0 Å². The number of hydrogen-bond donors (Lipinski definition) is 0. The van der Waals surface area contributed by atoms with Crippen LogP contribution in [0, 0.1) is 0 Å². The summed E-state index contributed by atoms with van der Waals surface area (Å²) in [6, 6.07) is 74.6. The molecule has 2 nitrogen and oxygen atoms in total. The lowest BCUT2D eigenvalue weighted by Crippen LogP contribution is -2.10. The van der Waals surface area contributed by atoms with Gasteiger partial charge in [0, 0.05) is 38.9 Å². The first-order valence-corrected chi connectivity index (χ1v) is 17.9. The van der Waals surface area contributed by atoms with E-state index in [1.165, 1.54) is 65.6 Å². The molecule has 0 aliphatic carbocycles. The van der Waals surface area contributed by atoms with Crippen molar-refractivity contribution in [2.45, 2.75) is 0 Å². The lowest BCUT2D eigenvalue weighted by atomic mass is 9.91. The molecule has 0 radical (unpaired) electrons. The Kier molecular flexibility index (Phi) is 7.18. The molecule has 0 aliphatic heterocycles. The summed E-state index contributed by atoms with van der Waals surface area (Å²) in [5, 5.41) is 7.52. The molecule has 244 valence electrons. The fourth-order valence-electron chi connectivity index (χ4n) is 8.02. The van der Waals surface area contributed by atoms with Crippen molar-refractivity contribution >= 4 is 60.4 Å². The first-order chi connectivity index (χ1) is 25.8. The molecule has 0 saturated heterocycles. The molecule has 52 heavy (non-hydrogen) atoms. The first kappa shape index (κ1) is 30.0. The lowest BCUT2D eigenvalue weighted by molar-refractivity contribution is 1.17. The molecule has 1 heterocycles. The third-order valence-electron chi connectivity index (χ3n) is 10.3. The van der Waals surface area contributed by atoms with Gasteiger partial charge in [-0.05, 0) is 86.9 Å². The van der Waals surface area contributed by atoms with Gasteiger partial charge in [-0.3, -0.25) is 0 Å². The van der Waals surface area contributed by atoms with Crippen molar-refractivity contribution in [2.24, 2.45) is 0 Å². The summed E-state index contributed by atoms with van der Waals surface area (Å²) in [6.07, 6.45) is 0. The smallest absolute Gasteiger partial charge is 0.0619 e. The van der Waals surface area contributed by atoms with Crippen LogP contribution in [0.25, 0.3) is 71.3 Å². The van der Waals surface area contributed by atoms with Gasteiger partial charge in [-0.25, -0.2) is 0 Å². The van der Waals surface area contributed by atoms with Crippen LogP contribution in [0.3, 0.4) is 0 Å². The SMILES string of the molecule is c1ccc(-c2cccc3cccc(-c4ccc(N(c5ccccc5)c5cccc(-n6c7ccccc7c7ccc8ccccc8c76)c5)cc4)c23)cc1. The lowest BCUT2D eigenvalue weighted by Gasteiger charge is -2.26. The molecule has 0 saturated carbocycles. The van der Waals surface area contributed by atoms with Crippen LogP contribution in [-0.2, 0) is 0 Å². The van der Waals surface area contributed by atoms with Gasteiger partial charge in [0.25, 0.3) is 0 Å². The molecular weight excluding hydrogens is 629 g/mol. The predicted octanol–water partition coefficient (Wildman–Crippen LogP) is 13.9. The van der Waals surface area contributed by atoms with Crippen LogP contribution in [0.15, 0.2) is 206 Å². The molecule has 0 fully saturated rings. The van der Waals surface area contributed by atoms with Gasteiger partial charge in [-0.2, -0.15) is 0 Å². The van der Waals surface area contributed by atoms with E-state index in [1.807, 2.05) is 0 Å². The Bertz CT molecular complexity index is 2880. The molecule has 2 heteroatoms. The molecule has 10 rings (SSSR count). The highest BCUT2D eigenvalue weighted by atomic mass is 15.1. The number of para-hydroxylation sites is 2. The second-order valence-electron chi connectivity index (χ2n) is 13.3. The topological polar surface area (TPSA) is 8.17 Å². The Hall–Kier alpha value is -6.90. The van der Waals surface area contributed by atoms with Gasteiger partial charge in [-0.1, -0.05) is 158 Å². The fraction of sp³-hybridized carbons (Fsp3) is 0. The van der Waals surface area contributed by atoms with Crippen molar-refractivity contribution in [3.05, 3.63) is 206 Å². The Morgan fingerprint density at radius 3 is 1.69 bits per heavy atom. The van der Waals surface area contributed by atoms with Crippen molar-refractivity contribution in [1.29, 1.82) is 0 Å². The molecule has 0 spiro atoms. The quantitative estimate of drug-likeness (QED) is 0.172. The van der Waals surface area contributed by atoms with Gasteiger partial charge in [0.1, 0.15) is 0 Å². The summed E-state index contributed by atoms with van der Waals surface area (Å²) >= 11 is 0. The highest BCUT2D eigenvalue weighted by molar-refractivity contribution is 6.18. The molecule has 1 aromatic heterocycles. The highest BCUT2D eigenvalue weighted by Gasteiger charge is 2.18. The summed E-state index contributed by atoms with van der Waals surface area (Å²) in [5.41, 5.74) is 11.8. The molecule has 0 atom stereocenters. The number of anilines is 3. The minimum absolute atomic E-state index is 1.10. The zero-order valence-electron chi connectivity index (χ0n) is 28.5. The molecule has 0 aliphatic rings. The number of nitrogens with zero attached hydrogens (tertiary/aromatic N) is 2. The predicted molar refractivity (Wildman–Crippen MR) is 221 cm³/mol. The van der Waals surface area contributed by atoms with Crippen LogP contribution in [0.4, 0.5) is 17.1 Å². The maximum absolute atomic E-state index is 2.44. The fourth-order valence-corrected chi connectivity index (χ4v) is 8.02. The average Bonchev–Trinajstić information content (AvgIpc) is 3.57. The van der Waals surface area contributed by atoms with Crippen molar-refractivity contribution in [2.75, 3.05) is 4.90 Å². The Labute approximate surface area is 303 Å². The van der Waals surface area contributed by atoms with E-state index in [0.717, 1.165) is 22.7 Å². The van der Waals surface area contributed by atoms with Gasteiger partial charge in [0.2, 0.25) is 0 Å². The van der Waals surface area contributed by atoms with E-state index in [1.54, 1.807) is 0 Å². The van der Waals surface area contributed by atoms with Gasteiger partial charge in [0.15, 0.2) is 0 Å². The van der Waals surface area contributed by atoms with Crippen LogP contribution in [-0.4, -0.2) is 4.57 Å². The summed E-state index contributed by atoms with van der Waals surface area (Å²) in [7, 11) is 0. The van der Waals surface area contributed by atoms with Gasteiger partial charge in [-0.15, -0.1) is 0 Å². The number of hydrogen-bond acceptors (Lipinski definition) is 1. The van der Waals surface area contributed by atoms with Crippen molar-refractivity contribution < 1.29 is 0 Å². The molecule has 9 aromatic carbocycles. The van der Waals surface area contributed by atoms with E-state index in [0.29, 0.717) is 0 Å². The summed E-state index contributed by atoms with van der Waals surface area (Å²) in [4.78, 5) is 2.36. The second-order valence-corrected chi connectivity index (χ2v) is 13.3. The normalized spacial score (nSPS) is 11.5. The summed E-state index contributed by atoms with van der Waals surface area (Å²) < 4.78 is 2.44. The number of aromatic nitrogens is 1. The molecule has 0 unspecified atom stereocenters. The number of rotatable bonds is 6. The number of benzene rings is 9. The second kappa shape index (κ2) is 12.5. The third kappa shape index (κ3) is 4.96. The molecule has 0 amide bonds. The van der Waals surface area contributed by atoms with Crippen molar-refractivity contribution in [3.8, 4) is 27.9 Å². The Balaban J connectivity index is 1.13. The zero-order valence-corrected chi connectivity index (χ0v) is 28.5. The van der Waals surface area contributed by atoms with E-state index >= 15 is 0 Å². The number of fused-ring (bicyclic) bond motifs is 6. The van der Waals surface area contributed by atoms with Crippen LogP contribution in [0.2, 0.25) is 0 Å². The molecule has 10 aromatic rings. The zero-order chi connectivity index (χ0) is 34.4. The standard InChI is InChI=1S/C50H34N2/c1-3-14-35(15-4-1)43-25-11-17-38-18-12-26-44(49(38)43)37-28-31-40(32-29-37)51(39-19-5-2-6-20-39)41-21-13-22-42(34-41)52-48-27-10-9-24-46(48)47-33-30-36-16-7-8-23-45(36)50(47)52/h1-34H. The Morgan fingerprint density at radius 2 is 0.923 bits per heavy atom. The monoisotopic (exact) mass is 662 g/mol.